The van der Waals surface area contributed by atoms with Crippen molar-refractivity contribution in [1.82, 2.24) is 25.3 Å². The average molecular weight is 590 g/mol. The molecular formula is C26H31N5O7S2. The van der Waals surface area contributed by atoms with Crippen molar-refractivity contribution in [2.24, 2.45) is 0 Å². The van der Waals surface area contributed by atoms with Gasteiger partial charge in [-0.05, 0) is 24.0 Å². The number of carboxylic acids is 1. The molecule has 40 heavy (non-hydrogen) atoms. The molecule has 14 heteroatoms. The maximum Gasteiger partial charge on any atom is 0.352 e. The number of aromatic nitrogens is 2. The highest BCUT2D eigenvalue weighted by atomic mass is 32.2. The Balaban J connectivity index is 1.37. The van der Waals surface area contributed by atoms with Gasteiger partial charge in [-0.1, -0.05) is 55.9 Å². The molecule has 3 atom stereocenters. The Bertz CT molecular complexity index is 1280. The van der Waals surface area contributed by atoms with Gasteiger partial charge >= 0.3 is 5.97 Å². The van der Waals surface area contributed by atoms with Gasteiger partial charge in [0.1, 0.15) is 23.5 Å². The number of nitrogens with zero attached hydrogens (tertiary/aromatic N) is 4. The number of β-lactam (4-membered cyclic amide) rings is 1. The van der Waals surface area contributed by atoms with Gasteiger partial charge in [0, 0.05) is 24.6 Å². The van der Waals surface area contributed by atoms with Gasteiger partial charge in [0.25, 0.3) is 17.0 Å². The maximum atomic E-state index is 12.9. The van der Waals surface area contributed by atoms with Crippen molar-refractivity contribution in [3.05, 3.63) is 53.1 Å². The summed E-state index contributed by atoms with van der Waals surface area (Å²) >= 11 is 2.45. The van der Waals surface area contributed by atoms with Gasteiger partial charge in [-0.3, -0.25) is 19.3 Å². The van der Waals surface area contributed by atoms with E-state index in [1.54, 1.807) is 35.2 Å². The first-order valence-corrected chi connectivity index (χ1v) is 14.9. The van der Waals surface area contributed by atoms with Crippen LogP contribution in [0.4, 0.5) is 0 Å². The number of fused-ring (bicyclic) bond motifs is 1. The van der Waals surface area contributed by atoms with E-state index in [1.165, 1.54) is 16.7 Å². The first-order valence-electron chi connectivity index (χ1n) is 12.9. The van der Waals surface area contributed by atoms with Crippen molar-refractivity contribution >= 4 is 47.2 Å². The summed E-state index contributed by atoms with van der Waals surface area (Å²) in [6.45, 7) is 5.31. The van der Waals surface area contributed by atoms with E-state index < -0.39 is 35.3 Å². The molecule has 2 aliphatic rings. The Morgan fingerprint density at radius 3 is 2.55 bits per heavy atom. The standard InChI is InChI=1S/C26H31N5O7S2/c1-3-10-30(11-4-2)18(32)12-17-28-29-26(38-17)40-14-16-13-39-24-19(23(35)31(24)20(16)25(36)37)27-22(34)21(33)15-8-6-5-7-9-15/h5-9,19,21,24,33H,3-4,10-14H2,1-2H3,(H,27,34)(H,36,37)/t19?,21-,24-/m1/s1. The van der Waals surface area contributed by atoms with Gasteiger partial charge < -0.3 is 24.8 Å². The number of carbonyl (C=O) groups is 4. The Morgan fingerprint density at radius 2 is 1.90 bits per heavy atom. The van der Waals surface area contributed by atoms with E-state index in [0.717, 1.165) is 24.6 Å². The van der Waals surface area contributed by atoms with Crippen LogP contribution < -0.4 is 5.32 Å². The quantitative estimate of drug-likeness (QED) is 0.230. The minimum absolute atomic E-state index is 0.0114. The predicted octanol–water partition coefficient (Wildman–Crippen LogP) is 1.83. The summed E-state index contributed by atoms with van der Waals surface area (Å²) in [6.07, 6.45) is 0.231. The number of amides is 3. The molecule has 1 unspecified atom stereocenters. The smallest absolute Gasteiger partial charge is 0.352 e. The summed E-state index contributed by atoms with van der Waals surface area (Å²) in [5.74, 6) is -1.97. The highest BCUT2D eigenvalue weighted by molar-refractivity contribution is 8.01. The lowest BCUT2D eigenvalue weighted by Gasteiger charge is -2.49. The van der Waals surface area contributed by atoms with E-state index in [9.17, 15) is 29.4 Å². The van der Waals surface area contributed by atoms with Crippen LogP contribution in [-0.2, 0) is 25.6 Å². The molecule has 0 spiro atoms. The predicted molar refractivity (Wildman–Crippen MR) is 147 cm³/mol. The minimum atomic E-state index is -1.45. The molecule has 12 nitrogen and oxygen atoms in total. The van der Waals surface area contributed by atoms with Gasteiger partial charge in [-0.15, -0.1) is 22.0 Å². The number of carbonyl (C=O) groups excluding carboxylic acids is 3. The second-order valence-corrected chi connectivity index (χ2v) is 11.3. The van der Waals surface area contributed by atoms with Crippen LogP contribution in [0.15, 0.2) is 51.2 Å². The first-order chi connectivity index (χ1) is 19.2. The van der Waals surface area contributed by atoms with Gasteiger partial charge in [0.15, 0.2) is 6.10 Å². The molecule has 4 rings (SSSR count). The van der Waals surface area contributed by atoms with Crippen LogP contribution in [0.2, 0.25) is 0 Å². The van der Waals surface area contributed by atoms with Crippen LogP contribution in [0.5, 0.6) is 0 Å². The molecule has 0 radical (unpaired) electrons. The second kappa shape index (κ2) is 13.3. The number of aliphatic carboxylic acids is 1. The summed E-state index contributed by atoms with van der Waals surface area (Å²) in [4.78, 5) is 53.1. The molecular weight excluding hydrogens is 558 g/mol. The fourth-order valence-electron chi connectivity index (χ4n) is 4.47. The zero-order chi connectivity index (χ0) is 28.8. The molecule has 2 aromatic rings. The summed E-state index contributed by atoms with van der Waals surface area (Å²) in [6, 6.07) is 7.37. The zero-order valence-electron chi connectivity index (χ0n) is 22.1. The number of benzene rings is 1. The van der Waals surface area contributed by atoms with E-state index in [1.807, 2.05) is 13.8 Å². The van der Waals surface area contributed by atoms with E-state index in [2.05, 4.69) is 15.5 Å². The third-order valence-corrected chi connectivity index (χ3v) is 8.62. The van der Waals surface area contributed by atoms with E-state index in [0.29, 0.717) is 30.0 Å². The van der Waals surface area contributed by atoms with E-state index in [-0.39, 0.29) is 34.9 Å². The normalized spacial score (nSPS) is 19.1. The lowest BCUT2D eigenvalue weighted by Crippen LogP contribution is -2.70. The van der Waals surface area contributed by atoms with Crippen molar-refractivity contribution in [3.8, 4) is 0 Å². The molecule has 0 aliphatic carbocycles. The number of hydrogen-bond acceptors (Lipinski definition) is 10. The lowest BCUT2D eigenvalue weighted by atomic mass is 10.0. The first kappa shape index (κ1) is 29.6. The second-order valence-electron chi connectivity index (χ2n) is 9.27. The Hall–Kier alpha value is -3.36. The summed E-state index contributed by atoms with van der Waals surface area (Å²) < 4.78 is 5.61. The molecule has 1 aromatic heterocycles. The van der Waals surface area contributed by atoms with Crippen molar-refractivity contribution in [1.29, 1.82) is 0 Å². The third kappa shape index (κ3) is 6.50. The number of hydrogen-bond donors (Lipinski definition) is 3. The number of aliphatic hydroxyl groups is 1. The van der Waals surface area contributed by atoms with Crippen molar-refractivity contribution in [3.63, 3.8) is 0 Å². The fourth-order valence-corrected chi connectivity index (χ4v) is 6.74. The fraction of sp³-hybridized carbons (Fsp3) is 0.462. The molecule has 214 valence electrons. The monoisotopic (exact) mass is 589 g/mol. The largest absolute Gasteiger partial charge is 0.477 e. The zero-order valence-corrected chi connectivity index (χ0v) is 23.7. The number of aliphatic hydroxyl groups excluding tert-OH is 1. The molecule has 1 aromatic carbocycles. The van der Waals surface area contributed by atoms with Crippen LogP contribution in [-0.4, -0.2) is 89.9 Å². The summed E-state index contributed by atoms with van der Waals surface area (Å²) in [5, 5.41) is 30.3. The highest BCUT2D eigenvalue weighted by Crippen LogP contribution is 2.41. The van der Waals surface area contributed by atoms with Gasteiger partial charge in [-0.2, -0.15) is 0 Å². The lowest BCUT2D eigenvalue weighted by molar-refractivity contribution is -0.151. The van der Waals surface area contributed by atoms with Crippen molar-refractivity contribution in [2.45, 2.75) is 55.9 Å². The molecule has 1 saturated heterocycles. The van der Waals surface area contributed by atoms with Crippen LogP contribution in [0.25, 0.3) is 0 Å². The number of rotatable bonds is 13. The Morgan fingerprint density at radius 1 is 1.20 bits per heavy atom. The topological polar surface area (TPSA) is 166 Å². The highest BCUT2D eigenvalue weighted by Gasteiger charge is 2.54. The number of carboxylic acid groups (broad SMARTS) is 1. The van der Waals surface area contributed by atoms with Crippen LogP contribution in [0.1, 0.15) is 44.2 Å². The molecule has 3 N–H and O–H groups in total. The molecule has 2 aliphatic heterocycles. The third-order valence-electron chi connectivity index (χ3n) is 6.37. The van der Waals surface area contributed by atoms with Gasteiger partial charge in [0.05, 0.1) is 0 Å². The number of nitrogens with one attached hydrogen (secondary N) is 1. The molecule has 3 amide bonds. The van der Waals surface area contributed by atoms with E-state index >= 15 is 0 Å². The molecule has 0 saturated carbocycles. The molecule has 1 fully saturated rings. The van der Waals surface area contributed by atoms with Crippen LogP contribution >= 0.6 is 23.5 Å². The minimum Gasteiger partial charge on any atom is -0.477 e. The molecule has 3 heterocycles. The van der Waals surface area contributed by atoms with Crippen LogP contribution in [0, 0.1) is 0 Å². The average Bonchev–Trinajstić information content (AvgIpc) is 3.40. The number of thioether (sulfide) groups is 2. The van der Waals surface area contributed by atoms with Crippen molar-refractivity contribution in [2.75, 3.05) is 24.6 Å². The van der Waals surface area contributed by atoms with Gasteiger partial charge in [0.2, 0.25) is 11.8 Å². The SMILES string of the molecule is CCCN(CCC)C(=O)Cc1nnc(SCC2=C(C(=O)O)N3C(=O)C(NC(=O)[C@H](O)c4ccccc4)[C@H]3SC2)o1. The van der Waals surface area contributed by atoms with Gasteiger partial charge in [-0.25, -0.2) is 4.79 Å². The summed E-state index contributed by atoms with van der Waals surface area (Å²) in [7, 11) is 0. The summed E-state index contributed by atoms with van der Waals surface area (Å²) in [5.41, 5.74) is 0.743. The maximum absolute atomic E-state index is 12.9. The Kier molecular flexibility index (Phi) is 9.87. The van der Waals surface area contributed by atoms with Crippen molar-refractivity contribution < 1.29 is 33.8 Å². The van der Waals surface area contributed by atoms with Crippen LogP contribution in [0.3, 0.4) is 0 Å². The van der Waals surface area contributed by atoms with E-state index in [4.69, 9.17) is 4.42 Å². The molecule has 0 bridgehead atoms. The Labute approximate surface area is 239 Å².